The number of nitrogen functional groups attached to an aromatic ring is 1. The standard InChI is InChI=1S/C11H15NO3S/c1-8-9(4-3-5-10(8)12)11(13)6-7-16(2,14)15/h3-5H,6-7,12H2,1-2H3. The zero-order valence-corrected chi connectivity index (χ0v) is 10.2. The van der Waals surface area contributed by atoms with Crippen molar-refractivity contribution in [2.45, 2.75) is 13.3 Å². The van der Waals surface area contributed by atoms with E-state index in [-0.39, 0.29) is 18.0 Å². The van der Waals surface area contributed by atoms with Crippen LogP contribution in [0.1, 0.15) is 22.3 Å². The number of hydrogen-bond acceptors (Lipinski definition) is 4. The number of Topliss-reactive ketones (excluding diaryl/α,β-unsaturated/α-hetero) is 1. The van der Waals surface area contributed by atoms with Crippen LogP contribution in [0.3, 0.4) is 0 Å². The predicted molar refractivity (Wildman–Crippen MR) is 64.2 cm³/mol. The third kappa shape index (κ3) is 3.34. The number of carbonyl (C=O) groups is 1. The Hall–Kier alpha value is -1.36. The number of nitrogens with two attached hydrogens (primary N) is 1. The zero-order chi connectivity index (χ0) is 12.3. The summed E-state index contributed by atoms with van der Waals surface area (Å²) in [6.07, 6.45) is 1.12. The van der Waals surface area contributed by atoms with Crippen molar-refractivity contribution in [1.82, 2.24) is 0 Å². The van der Waals surface area contributed by atoms with Gasteiger partial charge in [0.1, 0.15) is 9.84 Å². The highest BCUT2D eigenvalue weighted by molar-refractivity contribution is 7.90. The summed E-state index contributed by atoms with van der Waals surface area (Å²) in [7, 11) is -3.10. The molecule has 0 saturated carbocycles. The van der Waals surface area contributed by atoms with Crippen LogP contribution in [-0.2, 0) is 9.84 Å². The van der Waals surface area contributed by atoms with Crippen LogP contribution in [-0.4, -0.2) is 26.2 Å². The highest BCUT2D eigenvalue weighted by Crippen LogP contribution is 2.17. The van der Waals surface area contributed by atoms with Crippen LogP contribution in [0.25, 0.3) is 0 Å². The molecule has 1 aromatic carbocycles. The maximum atomic E-state index is 11.7. The molecule has 0 amide bonds. The van der Waals surface area contributed by atoms with Gasteiger partial charge < -0.3 is 5.73 Å². The van der Waals surface area contributed by atoms with Crippen molar-refractivity contribution in [2.75, 3.05) is 17.7 Å². The van der Waals surface area contributed by atoms with Crippen LogP contribution >= 0.6 is 0 Å². The molecule has 0 heterocycles. The molecule has 1 aromatic rings. The van der Waals surface area contributed by atoms with E-state index in [0.717, 1.165) is 6.26 Å². The molecule has 0 unspecified atom stereocenters. The molecule has 1 rings (SSSR count). The Balaban J connectivity index is 2.86. The lowest BCUT2D eigenvalue weighted by Gasteiger charge is -2.06. The largest absolute Gasteiger partial charge is 0.398 e. The number of ketones is 1. The van der Waals surface area contributed by atoms with Crippen LogP contribution in [0.4, 0.5) is 5.69 Å². The highest BCUT2D eigenvalue weighted by atomic mass is 32.2. The summed E-state index contributed by atoms with van der Waals surface area (Å²) in [5, 5.41) is 0. The summed E-state index contributed by atoms with van der Waals surface area (Å²) < 4.78 is 21.9. The van der Waals surface area contributed by atoms with Gasteiger partial charge in [-0.2, -0.15) is 0 Å². The average molecular weight is 241 g/mol. The summed E-state index contributed by atoms with van der Waals surface area (Å²) in [6, 6.07) is 5.06. The van der Waals surface area contributed by atoms with Crippen molar-refractivity contribution in [3.8, 4) is 0 Å². The van der Waals surface area contributed by atoms with Gasteiger partial charge in [-0.05, 0) is 18.6 Å². The molecule has 88 valence electrons. The molecule has 2 N–H and O–H groups in total. The molecule has 0 saturated heterocycles. The van der Waals surface area contributed by atoms with E-state index >= 15 is 0 Å². The van der Waals surface area contributed by atoms with Crippen molar-refractivity contribution in [2.24, 2.45) is 0 Å². The minimum absolute atomic E-state index is 0.00310. The molecule has 0 bridgehead atoms. The van der Waals surface area contributed by atoms with E-state index in [1.807, 2.05) is 0 Å². The van der Waals surface area contributed by atoms with E-state index in [9.17, 15) is 13.2 Å². The van der Waals surface area contributed by atoms with E-state index in [1.165, 1.54) is 0 Å². The molecule has 0 fully saturated rings. The summed E-state index contributed by atoms with van der Waals surface area (Å²) in [5.74, 6) is -0.310. The fourth-order valence-electron chi connectivity index (χ4n) is 1.37. The second-order valence-electron chi connectivity index (χ2n) is 3.82. The Morgan fingerprint density at radius 2 is 2.00 bits per heavy atom. The normalized spacial score (nSPS) is 11.4. The molecule has 0 aromatic heterocycles. The Bertz CT molecular complexity index is 506. The number of hydrogen-bond donors (Lipinski definition) is 1. The molecule has 5 heteroatoms. The van der Waals surface area contributed by atoms with Gasteiger partial charge in [0.25, 0.3) is 0 Å². The molecular weight excluding hydrogens is 226 g/mol. The Morgan fingerprint density at radius 1 is 1.38 bits per heavy atom. The third-order valence-electron chi connectivity index (χ3n) is 2.38. The van der Waals surface area contributed by atoms with Gasteiger partial charge >= 0.3 is 0 Å². The fraction of sp³-hybridized carbons (Fsp3) is 0.364. The van der Waals surface area contributed by atoms with Crippen molar-refractivity contribution in [3.63, 3.8) is 0 Å². The van der Waals surface area contributed by atoms with E-state index in [0.29, 0.717) is 16.8 Å². The Kier molecular flexibility index (Phi) is 3.70. The average Bonchev–Trinajstić information content (AvgIpc) is 2.17. The third-order valence-corrected chi connectivity index (χ3v) is 3.32. The lowest BCUT2D eigenvalue weighted by atomic mass is 10.0. The molecule has 16 heavy (non-hydrogen) atoms. The molecule has 0 aliphatic heterocycles. The van der Waals surface area contributed by atoms with Crippen LogP contribution in [0.2, 0.25) is 0 Å². The van der Waals surface area contributed by atoms with Crippen molar-refractivity contribution >= 4 is 21.3 Å². The summed E-state index contributed by atoms with van der Waals surface area (Å²) in [4.78, 5) is 11.7. The maximum Gasteiger partial charge on any atom is 0.164 e. The quantitative estimate of drug-likeness (QED) is 0.634. The van der Waals surface area contributed by atoms with Gasteiger partial charge in [0.15, 0.2) is 5.78 Å². The number of carbonyl (C=O) groups excluding carboxylic acids is 1. The summed E-state index contributed by atoms with van der Waals surface area (Å²) in [5.41, 5.74) is 7.43. The Morgan fingerprint density at radius 3 is 2.56 bits per heavy atom. The van der Waals surface area contributed by atoms with Gasteiger partial charge in [-0.15, -0.1) is 0 Å². The second kappa shape index (κ2) is 4.65. The fourth-order valence-corrected chi connectivity index (χ4v) is 1.92. The number of anilines is 1. The van der Waals surface area contributed by atoms with Gasteiger partial charge in [0.2, 0.25) is 0 Å². The minimum atomic E-state index is -3.10. The smallest absolute Gasteiger partial charge is 0.164 e. The van der Waals surface area contributed by atoms with Gasteiger partial charge in [-0.1, -0.05) is 12.1 Å². The molecule has 4 nitrogen and oxygen atoms in total. The summed E-state index contributed by atoms with van der Waals surface area (Å²) in [6.45, 7) is 1.75. The van der Waals surface area contributed by atoms with Crippen LogP contribution in [0.5, 0.6) is 0 Å². The van der Waals surface area contributed by atoms with Gasteiger partial charge in [0.05, 0.1) is 5.75 Å². The lowest BCUT2D eigenvalue weighted by Crippen LogP contribution is -2.11. The van der Waals surface area contributed by atoms with Crippen LogP contribution in [0, 0.1) is 6.92 Å². The topological polar surface area (TPSA) is 77.2 Å². The molecule has 0 aliphatic carbocycles. The lowest BCUT2D eigenvalue weighted by molar-refractivity contribution is 0.0988. The first kappa shape index (κ1) is 12.7. The molecule has 0 aliphatic rings. The van der Waals surface area contributed by atoms with Crippen molar-refractivity contribution in [1.29, 1.82) is 0 Å². The molecule has 0 atom stereocenters. The summed E-state index contributed by atoms with van der Waals surface area (Å²) >= 11 is 0. The number of rotatable bonds is 4. The van der Waals surface area contributed by atoms with Gasteiger partial charge in [-0.25, -0.2) is 8.42 Å². The highest BCUT2D eigenvalue weighted by Gasteiger charge is 2.13. The van der Waals surface area contributed by atoms with Crippen molar-refractivity contribution < 1.29 is 13.2 Å². The maximum absolute atomic E-state index is 11.7. The van der Waals surface area contributed by atoms with E-state index in [2.05, 4.69) is 0 Å². The predicted octanol–water partition coefficient (Wildman–Crippen LogP) is 1.19. The second-order valence-corrected chi connectivity index (χ2v) is 6.08. The van der Waals surface area contributed by atoms with Crippen molar-refractivity contribution in [3.05, 3.63) is 29.3 Å². The first-order valence-corrected chi connectivity index (χ1v) is 6.93. The van der Waals surface area contributed by atoms with Crippen LogP contribution < -0.4 is 5.73 Å². The number of sulfone groups is 1. The van der Waals surface area contributed by atoms with E-state index in [1.54, 1.807) is 25.1 Å². The van der Waals surface area contributed by atoms with E-state index in [4.69, 9.17) is 5.73 Å². The van der Waals surface area contributed by atoms with Gasteiger partial charge in [-0.3, -0.25) is 4.79 Å². The monoisotopic (exact) mass is 241 g/mol. The van der Waals surface area contributed by atoms with Gasteiger partial charge in [0, 0.05) is 23.9 Å². The molecular formula is C11H15NO3S. The molecule has 0 radical (unpaired) electrons. The SMILES string of the molecule is Cc1c(N)cccc1C(=O)CCS(C)(=O)=O. The first-order chi connectivity index (χ1) is 7.31. The minimum Gasteiger partial charge on any atom is -0.398 e. The molecule has 0 spiro atoms. The van der Waals surface area contributed by atoms with E-state index < -0.39 is 9.84 Å². The zero-order valence-electron chi connectivity index (χ0n) is 9.36. The first-order valence-electron chi connectivity index (χ1n) is 4.87. The Labute approximate surface area is 95.4 Å². The van der Waals surface area contributed by atoms with Crippen LogP contribution in [0.15, 0.2) is 18.2 Å². The number of benzene rings is 1.